The molecule has 0 aliphatic heterocycles. The van der Waals surface area contributed by atoms with Crippen molar-refractivity contribution in [1.29, 1.82) is 0 Å². The highest BCUT2D eigenvalue weighted by Crippen LogP contribution is 2.51. The van der Waals surface area contributed by atoms with Gasteiger partial charge < -0.3 is 5.32 Å². The fourth-order valence-corrected chi connectivity index (χ4v) is 2.97. The first-order valence-corrected chi connectivity index (χ1v) is 7.88. The topological polar surface area (TPSA) is 46.9 Å². The van der Waals surface area contributed by atoms with Gasteiger partial charge in [0, 0.05) is 24.6 Å². The van der Waals surface area contributed by atoms with Crippen molar-refractivity contribution in [2.24, 2.45) is 13.0 Å². The molecule has 4 nitrogen and oxygen atoms in total. The number of nitrogens with zero attached hydrogens (tertiary/aromatic N) is 2. The quantitative estimate of drug-likeness (QED) is 0.926. The molecule has 1 N–H and O–H groups in total. The smallest absolute Gasteiger partial charge is 0.260 e. The lowest BCUT2D eigenvalue weighted by Crippen LogP contribution is -2.20. The average Bonchev–Trinajstić information content (AvgIpc) is 3.43. The zero-order valence-electron chi connectivity index (χ0n) is 13.0. The lowest BCUT2D eigenvalue weighted by molar-refractivity contribution is -0.119. The van der Waals surface area contributed by atoms with Gasteiger partial charge in [-0.1, -0.05) is 0 Å². The van der Waals surface area contributed by atoms with Gasteiger partial charge in [0.05, 0.1) is 5.69 Å². The number of carbonyl (C=O) groups excluding carboxylic acids is 1. The number of alkyl halides is 2. The summed E-state index contributed by atoms with van der Waals surface area (Å²) in [6, 6.07) is 5.96. The van der Waals surface area contributed by atoms with Crippen LogP contribution in [0.4, 0.5) is 19.0 Å². The van der Waals surface area contributed by atoms with Crippen LogP contribution in [0.2, 0.25) is 0 Å². The lowest BCUT2D eigenvalue weighted by atomic mass is 10.0. The summed E-state index contributed by atoms with van der Waals surface area (Å²) in [5.74, 6) is -4.46. The monoisotopic (exact) mass is 335 g/mol. The van der Waals surface area contributed by atoms with E-state index in [2.05, 4.69) is 10.4 Å². The molecule has 1 atom stereocenters. The summed E-state index contributed by atoms with van der Waals surface area (Å²) in [4.78, 5) is 12.0. The number of hydrogen-bond donors (Lipinski definition) is 1. The van der Waals surface area contributed by atoms with Gasteiger partial charge in [0.15, 0.2) is 0 Å². The second kappa shape index (κ2) is 5.09. The van der Waals surface area contributed by atoms with Crippen LogP contribution < -0.4 is 5.32 Å². The minimum atomic E-state index is -2.90. The molecule has 126 valence electrons. The van der Waals surface area contributed by atoms with Crippen LogP contribution in [-0.2, 0) is 11.8 Å². The molecule has 1 heterocycles. The van der Waals surface area contributed by atoms with E-state index in [4.69, 9.17) is 0 Å². The van der Waals surface area contributed by atoms with Gasteiger partial charge in [-0.25, -0.2) is 13.2 Å². The molecule has 2 fully saturated rings. The number of anilines is 1. The first kappa shape index (κ1) is 15.2. The number of carbonyl (C=O) groups is 1. The number of rotatable bonds is 4. The minimum Gasteiger partial charge on any atom is -0.310 e. The van der Waals surface area contributed by atoms with Crippen molar-refractivity contribution in [3.05, 3.63) is 35.6 Å². The Bertz CT molecular complexity index is 809. The third-order valence-corrected chi connectivity index (χ3v) is 4.57. The van der Waals surface area contributed by atoms with Crippen LogP contribution in [0.5, 0.6) is 0 Å². The largest absolute Gasteiger partial charge is 0.310 e. The second-order valence-electron chi connectivity index (χ2n) is 6.52. The van der Waals surface area contributed by atoms with E-state index in [1.54, 1.807) is 19.2 Å². The van der Waals surface area contributed by atoms with E-state index in [0.717, 1.165) is 24.0 Å². The van der Waals surface area contributed by atoms with Gasteiger partial charge in [0.2, 0.25) is 5.91 Å². The molecule has 0 bridgehead atoms. The lowest BCUT2D eigenvalue weighted by Gasteiger charge is -2.08. The van der Waals surface area contributed by atoms with Crippen LogP contribution >= 0.6 is 0 Å². The van der Waals surface area contributed by atoms with Crippen LogP contribution in [-0.4, -0.2) is 21.6 Å². The predicted octanol–water partition coefficient (Wildman–Crippen LogP) is 3.70. The Morgan fingerprint density at radius 3 is 2.46 bits per heavy atom. The van der Waals surface area contributed by atoms with Crippen molar-refractivity contribution in [2.45, 2.75) is 31.1 Å². The third-order valence-electron chi connectivity index (χ3n) is 4.57. The average molecular weight is 335 g/mol. The maximum atomic E-state index is 13.1. The van der Waals surface area contributed by atoms with Crippen molar-refractivity contribution in [3.63, 3.8) is 0 Å². The molecule has 0 unspecified atom stereocenters. The highest BCUT2D eigenvalue weighted by Gasteiger charge is 2.61. The Balaban J connectivity index is 1.69. The molecule has 0 radical (unpaired) electrons. The van der Waals surface area contributed by atoms with Crippen molar-refractivity contribution >= 4 is 11.7 Å². The van der Waals surface area contributed by atoms with E-state index in [1.807, 2.05) is 0 Å². The van der Waals surface area contributed by atoms with E-state index >= 15 is 0 Å². The van der Waals surface area contributed by atoms with Gasteiger partial charge >= 0.3 is 0 Å². The number of aromatic nitrogens is 2. The second-order valence-corrected chi connectivity index (χ2v) is 6.52. The molecule has 2 aromatic rings. The molecule has 4 rings (SSSR count). The predicted molar refractivity (Wildman–Crippen MR) is 82.3 cm³/mol. The molecule has 1 aromatic carbocycles. The molecule has 24 heavy (non-hydrogen) atoms. The molecule has 2 aliphatic rings. The van der Waals surface area contributed by atoms with E-state index in [0.29, 0.717) is 11.5 Å². The number of hydrogen-bond acceptors (Lipinski definition) is 2. The fourth-order valence-electron chi connectivity index (χ4n) is 2.97. The van der Waals surface area contributed by atoms with Crippen LogP contribution in [0, 0.1) is 11.7 Å². The van der Waals surface area contributed by atoms with Crippen molar-refractivity contribution in [1.82, 2.24) is 9.78 Å². The Kier molecular flexibility index (Phi) is 3.23. The van der Waals surface area contributed by atoms with Crippen molar-refractivity contribution in [2.75, 3.05) is 5.32 Å². The summed E-state index contributed by atoms with van der Waals surface area (Å²) < 4.78 is 40.9. The van der Waals surface area contributed by atoms with Crippen molar-refractivity contribution in [3.8, 4) is 11.3 Å². The van der Waals surface area contributed by atoms with E-state index in [-0.39, 0.29) is 11.7 Å². The number of halogens is 3. The molecule has 2 aliphatic carbocycles. The summed E-state index contributed by atoms with van der Waals surface area (Å²) in [6.07, 6.45) is 1.52. The summed E-state index contributed by atoms with van der Waals surface area (Å²) >= 11 is 0. The number of amides is 1. The number of nitrogens with one attached hydrogen (secondary N) is 1. The zero-order valence-corrected chi connectivity index (χ0v) is 13.0. The summed E-state index contributed by atoms with van der Waals surface area (Å²) in [5, 5.41) is 7.06. The van der Waals surface area contributed by atoms with Crippen LogP contribution in [0.15, 0.2) is 24.3 Å². The van der Waals surface area contributed by atoms with Crippen LogP contribution in [0.1, 0.15) is 30.7 Å². The molecule has 1 aromatic heterocycles. The molecular weight excluding hydrogens is 319 g/mol. The van der Waals surface area contributed by atoms with Gasteiger partial charge in [0.1, 0.15) is 17.6 Å². The molecule has 2 saturated carbocycles. The third kappa shape index (κ3) is 2.57. The standard InChI is InChI=1S/C17H16F3N3O/c1-23-15(21-16(24)12-8-17(12,19)20)13(9-2-3-9)14(22-23)10-4-6-11(18)7-5-10/h4-7,9,12H,2-3,8H2,1H3,(H,21,24)/t12-/m1/s1. The van der Waals surface area contributed by atoms with Crippen LogP contribution in [0.3, 0.4) is 0 Å². The summed E-state index contributed by atoms with van der Waals surface area (Å²) in [5.41, 5.74) is 2.26. The van der Waals surface area contributed by atoms with Gasteiger partial charge in [-0.3, -0.25) is 9.48 Å². The summed E-state index contributed by atoms with van der Waals surface area (Å²) in [7, 11) is 1.67. The highest BCUT2D eigenvalue weighted by atomic mass is 19.3. The normalized spacial score (nSPS) is 21.6. The first-order valence-electron chi connectivity index (χ1n) is 7.88. The SMILES string of the molecule is Cn1nc(-c2ccc(F)cc2)c(C2CC2)c1NC(=O)[C@H]1CC1(F)F. The maximum absolute atomic E-state index is 13.1. The molecule has 0 saturated heterocycles. The van der Waals surface area contributed by atoms with Crippen molar-refractivity contribution < 1.29 is 18.0 Å². The Morgan fingerprint density at radius 1 is 1.29 bits per heavy atom. The zero-order chi connectivity index (χ0) is 17.1. The van der Waals surface area contributed by atoms with Gasteiger partial charge in [-0.05, 0) is 43.0 Å². The molecule has 7 heteroatoms. The maximum Gasteiger partial charge on any atom is 0.260 e. The van der Waals surface area contributed by atoms with Gasteiger partial charge in [-0.2, -0.15) is 5.10 Å². The number of aryl methyl sites for hydroxylation is 1. The van der Waals surface area contributed by atoms with Gasteiger partial charge in [0.25, 0.3) is 5.92 Å². The Hall–Kier alpha value is -2.31. The Morgan fingerprint density at radius 2 is 1.92 bits per heavy atom. The summed E-state index contributed by atoms with van der Waals surface area (Å²) in [6.45, 7) is 0. The Labute approximate surface area is 136 Å². The van der Waals surface area contributed by atoms with E-state index in [9.17, 15) is 18.0 Å². The molecule has 0 spiro atoms. The molecular formula is C17H16F3N3O. The number of benzene rings is 1. The van der Waals surface area contributed by atoms with E-state index < -0.39 is 24.2 Å². The molecule has 1 amide bonds. The minimum absolute atomic E-state index is 0.244. The van der Waals surface area contributed by atoms with Crippen LogP contribution in [0.25, 0.3) is 11.3 Å². The van der Waals surface area contributed by atoms with Gasteiger partial charge in [-0.15, -0.1) is 0 Å². The highest BCUT2D eigenvalue weighted by molar-refractivity contribution is 5.96. The first-order chi connectivity index (χ1) is 11.4. The van der Waals surface area contributed by atoms with E-state index in [1.165, 1.54) is 16.8 Å². The fraction of sp³-hybridized carbons (Fsp3) is 0.412.